The molecular weight excluding hydrogens is 222 g/mol. The Labute approximate surface area is 112 Å². The van der Waals surface area contributed by atoms with Crippen molar-refractivity contribution in [3.63, 3.8) is 0 Å². The van der Waals surface area contributed by atoms with Gasteiger partial charge < -0.3 is 4.90 Å². The van der Waals surface area contributed by atoms with E-state index in [9.17, 15) is 0 Å². The van der Waals surface area contributed by atoms with Crippen molar-refractivity contribution in [2.75, 3.05) is 11.4 Å². The zero-order valence-corrected chi connectivity index (χ0v) is 12.3. The minimum Gasteiger partial charge on any atom is -0.338 e. The van der Waals surface area contributed by atoms with E-state index in [1.54, 1.807) is 0 Å². The van der Waals surface area contributed by atoms with Crippen LogP contribution in [0.2, 0.25) is 0 Å². The Morgan fingerprint density at radius 2 is 1.72 bits per heavy atom. The lowest BCUT2D eigenvalue weighted by molar-refractivity contribution is 0.564. The number of aryl methyl sites for hydroxylation is 1. The largest absolute Gasteiger partial charge is 0.338 e. The molecule has 0 saturated carbocycles. The van der Waals surface area contributed by atoms with Crippen molar-refractivity contribution in [3.8, 4) is 0 Å². The monoisotopic (exact) mass is 249 g/mol. The lowest BCUT2D eigenvalue weighted by atomic mass is 10.1. The van der Waals surface area contributed by atoms with Gasteiger partial charge in [0.1, 0.15) is 0 Å². The maximum atomic E-state index is 4.53. The van der Waals surface area contributed by atoms with E-state index in [0.717, 1.165) is 31.8 Å². The third-order valence-corrected chi connectivity index (χ3v) is 3.19. The van der Waals surface area contributed by atoms with Gasteiger partial charge in [-0.15, -0.1) is 0 Å². The fourth-order valence-electron chi connectivity index (χ4n) is 2.25. The van der Waals surface area contributed by atoms with Crippen molar-refractivity contribution in [3.05, 3.63) is 18.0 Å². The zero-order valence-electron chi connectivity index (χ0n) is 12.3. The van der Waals surface area contributed by atoms with Crippen LogP contribution in [0.5, 0.6) is 0 Å². The number of aromatic nitrogens is 2. The number of nitrogens with zero attached hydrogens (tertiary/aromatic N) is 3. The molecule has 18 heavy (non-hydrogen) atoms. The van der Waals surface area contributed by atoms with Gasteiger partial charge >= 0.3 is 0 Å². The number of anilines is 1. The molecule has 0 radical (unpaired) electrons. The molecule has 1 aromatic rings. The van der Waals surface area contributed by atoms with E-state index in [1.807, 2.05) is 12.4 Å². The zero-order chi connectivity index (χ0) is 13.4. The van der Waals surface area contributed by atoms with Crippen LogP contribution >= 0.6 is 0 Å². The van der Waals surface area contributed by atoms with E-state index in [2.05, 4.69) is 42.6 Å². The first-order valence-electron chi connectivity index (χ1n) is 7.30. The smallest absolute Gasteiger partial charge is 0.225 e. The molecule has 1 heterocycles. The third kappa shape index (κ3) is 4.28. The van der Waals surface area contributed by atoms with Crippen LogP contribution < -0.4 is 4.90 Å². The highest BCUT2D eigenvalue weighted by molar-refractivity contribution is 5.31. The van der Waals surface area contributed by atoms with Gasteiger partial charge in [0.2, 0.25) is 5.95 Å². The summed E-state index contributed by atoms with van der Waals surface area (Å²) in [5.41, 5.74) is 1.24. The molecule has 1 aromatic heterocycles. The van der Waals surface area contributed by atoms with E-state index < -0.39 is 0 Å². The highest BCUT2D eigenvalue weighted by Gasteiger charge is 2.15. The Morgan fingerprint density at radius 1 is 1.06 bits per heavy atom. The molecule has 0 N–H and O–H groups in total. The predicted molar refractivity (Wildman–Crippen MR) is 78.0 cm³/mol. The van der Waals surface area contributed by atoms with Crippen molar-refractivity contribution < 1.29 is 0 Å². The van der Waals surface area contributed by atoms with Gasteiger partial charge in [0.15, 0.2) is 0 Å². The Morgan fingerprint density at radius 3 is 2.22 bits per heavy atom. The predicted octanol–water partition coefficient (Wildman–Crippen LogP) is 3.83. The Hall–Kier alpha value is -1.12. The van der Waals surface area contributed by atoms with Gasteiger partial charge in [0.25, 0.3) is 0 Å². The van der Waals surface area contributed by atoms with Gasteiger partial charge in [0.05, 0.1) is 0 Å². The summed E-state index contributed by atoms with van der Waals surface area (Å²) in [6, 6.07) is 0.520. The SMILES string of the molecule is CCCc1cnc(N(CCC)C(C)CCC)nc1. The summed E-state index contributed by atoms with van der Waals surface area (Å²) in [7, 11) is 0. The molecule has 1 rings (SSSR count). The average molecular weight is 249 g/mol. The maximum Gasteiger partial charge on any atom is 0.225 e. The summed E-state index contributed by atoms with van der Waals surface area (Å²) < 4.78 is 0. The van der Waals surface area contributed by atoms with Crippen molar-refractivity contribution in [2.24, 2.45) is 0 Å². The summed E-state index contributed by atoms with van der Waals surface area (Å²) in [4.78, 5) is 11.4. The highest BCUT2D eigenvalue weighted by atomic mass is 15.3. The van der Waals surface area contributed by atoms with Gasteiger partial charge in [-0.25, -0.2) is 9.97 Å². The topological polar surface area (TPSA) is 29.0 Å². The van der Waals surface area contributed by atoms with Crippen LogP contribution in [0.4, 0.5) is 5.95 Å². The van der Waals surface area contributed by atoms with Gasteiger partial charge in [-0.05, 0) is 31.7 Å². The van der Waals surface area contributed by atoms with Crippen LogP contribution in [0, 0.1) is 0 Å². The first-order chi connectivity index (χ1) is 8.72. The minimum absolute atomic E-state index is 0.520. The van der Waals surface area contributed by atoms with Crippen LogP contribution in [0.3, 0.4) is 0 Å². The second-order valence-electron chi connectivity index (χ2n) is 4.97. The Bertz CT molecular complexity index is 321. The first-order valence-corrected chi connectivity index (χ1v) is 7.30. The van der Waals surface area contributed by atoms with Crippen molar-refractivity contribution in [2.45, 2.75) is 65.8 Å². The maximum absolute atomic E-state index is 4.53. The second-order valence-corrected chi connectivity index (χ2v) is 4.97. The molecule has 1 atom stereocenters. The fraction of sp³-hybridized carbons (Fsp3) is 0.733. The summed E-state index contributed by atoms with van der Waals surface area (Å²) in [6.07, 6.45) is 9.70. The molecule has 0 aliphatic rings. The van der Waals surface area contributed by atoms with E-state index in [-0.39, 0.29) is 0 Å². The summed E-state index contributed by atoms with van der Waals surface area (Å²) in [6.45, 7) is 9.92. The second kappa shape index (κ2) is 8.06. The molecule has 3 nitrogen and oxygen atoms in total. The summed E-state index contributed by atoms with van der Waals surface area (Å²) >= 11 is 0. The van der Waals surface area contributed by atoms with Crippen LogP contribution in [-0.2, 0) is 6.42 Å². The number of rotatable bonds is 8. The van der Waals surface area contributed by atoms with Crippen LogP contribution in [-0.4, -0.2) is 22.6 Å². The molecule has 3 heteroatoms. The molecule has 0 aliphatic carbocycles. The fourth-order valence-corrected chi connectivity index (χ4v) is 2.25. The normalized spacial score (nSPS) is 12.4. The van der Waals surface area contributed by atoms with Gasteiger partial charge in [-0.3, -0.25) is 0 Å². The van der Waals surface area contributed by atoms with Gasteiger partial charge in [-0.2, -0.15) is 0 Å². The minimum atomic E-state index is 0.520. The summed E-state index contributed by atoms with van der Waals surface area (Å²) in [5.74, 6) is 0.887. The van der Waals surface area contributed by atoms with E-state index >= 15 is 0 Å². The lowest BCUT2D eigenvalue weighted by Gasteiger charge is -2.28. The van der Waals surface area contributed by atoms with Crippen LogP contribution in [0.1, 0.15) is 58.9 Å². The molecule has 0 fully saturated rings. The molecule has 0 aliphatic heterocycles. The third-order valence-electron chi connectivity index (χ3n) is 3.19. The molecular formula is C15H27N3. The van der Waals surface area contributed by atoms with Crippen LogP contribution in [0.15, 0.2) is 12.4 Å². The lowest BCUT2D eigenvalue weighted by Crippen LogP contribution is -2.35. The Balaban J connectivity index is 2.78. The van der Waals surface area contributed by atoms with Crippen molar-refractivity contribution in [1.82, 2.24) is 9.97 Å². The first kappa shape index (κ1) is 14.9. The molecule has 0 bridgehead atoms. The van der Waals surface area contributed by atoms with E-state index in [4.69, 9.17) is 0 Å². The van der Waals surface area contributed by atoms with Crippen molar-refractivity contribution in [1.29, 1.82) is 0 Å². The van der Waals surface area contributed by atoms with Crippen molar-refractivity contribution >= 4 is 5.95 Å². The Kier molecular flexibility index (Phi) is 6.69. The molecule has 0 amide bonds. The molecule has 1 unspecified atom stereocenters. The molecule has 0 spiro atoms. The quantitative estimate of drug-likeness (QED) is 0.701. The van der Waals surface area contributed by atoms with Gasteiger partial charge in [0, 0.05) is 25.0 Å². The van der Waals surface area contributed by atoms with Crippen LogP contribution in [0.25, 0.3) is 0 Å². The highest BCUT2D eigenvalue weighted by Crippen LogP contribution is 2.15. The molecule has 0 aromatic carbocycles. The van der Waals surface area contributed by atoms with E-state index in [0.29, 0.717) is 6.04 Å². The number of hydrogen-bond acceptors (Lipinski definition) is 3. The summed E-state index contributed by atoms with van der Waals surface area (Å²) in [5, 5.41) is 0. The number of hydrogen-bond donors (Lipinski definition) is 0. The average Bonchev–Trinajstić information content (AvgIpc) is 2.38. The van der Waals surface area contributed by atoms with Gasteiger partial charge in [-0.1, -0.05) is 33.6 Å². The molecule has 0 saturated heterocycles. The standard InChI is InChI=1S/C15H27N3/c1-5-8-13(4)18(10-7-3)15-16-11-14(9-6-2)12-17-15/h11-13H,5-10H2,1-4H3. The molecule has 102 valence electrons. The van der Waals surface area contributed by atoms with E-state index in [1.165, 1.54) is 18.4 Å².